The molecule has 0 unspecified atom stereocenters. The predicted octanol–water partition coefficient (Wildman–Crippen LogP) is 2.36. The molecule has 6 nitrogen and oxygen atoms in total. The first-order chi connectivity index (χ1) is 9.99. The van der Waals surface area contributed by atoms with E-state index in [0.29, 0.717) is 10.7 Å². The van der Waals surface area contributed by atoms with Gasteiger partial charge in [0.15, 0.2) is 0 Å². The van der Waals surface area contributed by atoms with Gasteiger partial charge in [0.25, 0.3) is 5.91 Å². The van der Waals surface area contributed by atoms with E-state index < -0.39 is 17.6 Å². The summed E-state index contributed by atoms with van der Waals surface area (Å²) in [7, 11) is 0. The van der Waals surface area contributed by atoms with Crippen LogP contribution in [0.5, 0.6) is 0 Å². The maximum atomic E-state index is 13.5. The Balaban J connectivity index is 2.17. The van der Waals surface area contributed by atoms with Gasteiger partial charge >= 0.3 is 0 Å². The van der Waals surface area contributed by atoms with Crippen LogP contribution in [0.15, 0.2) is 30.9 Å². The molecule has 0 saturated heterocycles. The molecule has 2 aromatic rings. The van der Waals surface area contributed by atoms with Gasteiger partial charge in [0.1, 0.15) is 10.8 Å². The van der Waals surface area contributed by atoms with E-state index in [-0.39, 0.29) is 10.7 Å². The number of nitrogens with zero attached hydrogens (tertiary/aromatic N) is 2. The number of benzene rings is 1. The Morgan fingerprint density at radius 1 is 1.33 bits per heavy atom. The van der Waals surface area contributed by atoms with Crippen molar-refractivity contribution in [3.8, 4) is 0 Å². The maximum Gasteiger partial charge on any atom is 0.286 e. The van der Waals surface area contributed by atoms with E-state index in [4.69, 9.17) is 0 Å². The molecule has 21 heavy (non-hydrogen) atoms. The highest BCUT2D eigenvalue weighted by atomic mass is 32.1. The van der Waals surface area contributed by atoms with E-state index in [1.54, 1.807) is 6.92 Å². The first kappa shape index (κ1) is 14.8. The molecular formula is C13H11FN4O2S. The molecule has 0 radical (unpaired) electrons. The zero-order valence-electron chi connectivity index (χ0n) is 11.0. The quantitative estimate of drug-likeness (QED) is 0.849. The summed E-state index contributed by atoms with van der Waals surface area (Å²) in [5, 5.41) is 13.2. The average molecular weight is 306 g/mol. The van der Waals surface area contributed by atoms with Gasteiger partial charge in [-0.3, -0.25) is 9.59 Å². The Hall–Kier alpha value is -2.61. The number of carbonyl (C=O) groups excluding carboxylic acids is 2. The summed E-state index contributed by atoms with van der Waals surface area (Å²) in [6.07, 6.45) is 1.02. The fourth-order valence-electron chi connectivity index (χ4n) is 1.46. The number of hydrogen-bond donors (Lipinski definition) is 2. The average Bonchev–Trinajstić information content (AvgIpc) is 2.89. The van der Waals surface area contributed by atoms with E-state index in [9.17, 15) is 14.0 Å². The first-order valence-electron chi connectivity index (χ1n) is 5.84. The molecule has 2 amide bonds. The van der Waals surface area contributed by atoms with Crippen molar-refractivity contribution in [2.24, 2.45) is 0 Å². The van der Waals surface area contributed by atoms with E-state index >= 15 is 0 Å². The lowest BCUT2D eigenvalue weighted by atomic mass is 10.2. The van der Waals surface area contributed by atoms with Gasteiger partial charge in [-0.25, -0.2) is 4.39 Å². The molecule has 1 aromatic carbocycles. The molecule has 2 N–H and O–H groups in total. The highest BCUT2D eigenvalue weighted by Gasteiger charge is 2.13. The first-order valence-corrected chi connectivity index (χ1v) is 6.65. The number of halogens is 1. The Labute approximate surface area is 123 Å². The minimum atomic E-state index is -0.616. The van der Waals surface area contributed by atoms with Crippen molar-refractivity contribution in [2.75, 3.05) is 10.6 Å². The van der Waals surface area contributed by atoms with E-state index in [1.165, 1.54) is 12.1 Å². The third kappa shape index (κ3) is 3.69. The summed E-state index contributed by atoms with van der Waals surface area (Å²) >= 11 is 1.15. The number of carbonyl (C=O) groups is 2. The second-order valence-corrected chi connectivity index (χ2v) is 5.15. The summed E-state index contributed by atoms with van der Waals surface area (Å²) in [5.74, 6) is -1.61. The summed E-state index contributed by atoms with van der Waals surface area (Å²) < 4.78 is 13.5. The number of aromatic nitrogens is 2. The fraction of sp³-hybridized carbons (Fsp3) is 0.0769. The number of hydrogen-bond acceptors (Lipinski definition) is 5. The maximum absolute atomic E-state index is 13.5. The lowest BCUT2D eigenvalue weighted by Crippen LogP contribution is -2.13. The molecule has 0 aliphatic carbocycles. The molecular weight excluding hydrogens is 295 g/mol. The fourth-order valence-corrected chi connectivity index (χ4v) is 2.04. The van der Waals surface area contributed by atoms with Crippen LogP contribution in [0.3, 0.4) is 0 Å². The van der Waals surface area contributed by atoms with Crippen molar-refractivity contribution in [2.45, 2.75) is 6.92 Å². The van der Waals surface area contributed by atoms with Crippen LogP contribution < -0.4 is 10.6 Å². The Morgan fingerprint density at radius 3 is 2.71 bits per heavy atom. The molecule has 0 aliphatic rings. The number of amides is 2. The van der Waals surface area contributed by atoms with Crippen LogP contribution in [-0.4, -0.2) is 22.0 Å². The molecule has 0 saturated carbocycles. The van der Waals surface area contributed by atoms with Crippen LogP contribution in [0.2, 0.25) is 0 Å². The van der Waals surface area contributed by atoms with Crippen LogP contribution in [0.25, 0.3) is 0 Å². The number of anilines is 2. The van der Waals surface area contributed by atoms with Gasteiger partial charge in [0, 0.05) is 5.69 Å². The summed E-state index contributed by atoms with van der Waals surface area (Å²) in [6.45, 7) is 5.01. The molecule has 0 bridgehead atoms. The minimum absolute atomic E-state index is 0.0499. The molecule has 108 valence electrons. The van der Waals surface area contributed by atoms with Gasteiger partial charge in [-0.1, -0.05) is 17.9 Å². The van der Waals surface area contributed by atoms with Crippen molar-refractivity contribution in [3.63, 3.8) is 0 Å². The topological polar surface area (TPSA) is 84.0 Å². The second-order valence-electron chi connectivity index (χ2n) is 3.97. The van der Waals surface area contributed by atoms with Gasteiger partial charge in [-0.15, -0.1) is 10.2 Å². The molecule has 8 heteroatoms. The zero-order chi connectivity index (χ0) is 15.4. The van der Waals surface area contributed by atoms with Gasteiger partial charge in [0.05, 0.1) is 5.69 Å². The second kappa shape index (κ2) is 6.23. The molecule has 0 fully saturated rings. The summed E-state index contributed by atoms with van der Waals surface area (Å²) in [6, 6.07) is 3.83. The highest BCUT2D eigenvalue weighted by Crippen LogP contribution is 2.20. The van der Waals surface area contributed by atoms with Crippen molar-refractivity contribution in [1.82, 2.24) is 10.2 Å². The molecule has 2 rings (SSSR count). The van der Waals surface area contributed by atoms with Crippen molar-refractivity contribution in [1.29, 1.82) is 0 Å². The van der Waals surface area contributed by atoms with Crippen molar-refractivity contribution >= 4 is 34.5 Å². The Morgan fingerprint density at radius 2 is 2.10 bits per heavy atom. The van der Waals surface area contributed by atoms with Crippen LogP contribution in [-0.2, 0) is 4.79 Å². The Bertz CT molecular complexity index is 714. The lowest BCUT2D eigenvalue weighted by Gasteiger charge is -2.07. The molecule has 1 heterocycles. The van der Waals surface area contributed by atoms with Crippen LogP contribution >= 0.6 is 11.3 Å². The van der Waals surface area contributed by atoms with E-state index in [0.717, 1.165) is 23.5 Å². The van der Waals surface area contributed by atoms with Crippen molar-refractivity contribution in [3.05, 3.63) is 46.7 Å². The SMILES string of the molecule is C=CC(=O)Nc1cc(NC(=O)c2nnc(C)s2)ccc1F. The number of rotatable bonds is 4. The lowest BCUT2D eigenvalue weighted by molar-refractivity contribution is -0.111. The largest absolute Gasteiger partial charge is 0.320 e. The van der Waals surface area contributed by atoms with E-state index in [2.05, 4.69) is 27.4 Å². The van der Waals surface area contributed by atoms with Gasteiger partial charge in [-0.05, 0) is 31.2 Å². The number of aryl methyl sites for hydroxylation is 1. The standard InChI is InChI=1S/C13H11FN4O2S/c1-3-11(19)16-10-6-8(4-5-9(10)14)15-12(20)13-18-17-7(2)21-13/h3-6H,1H2,2H3,(H,15,20)(H,16,19). The smallest absolute Gasteiger partial charge is 0.286 e. The molecule has 1 aromatic heterocycles. The van der Waals surface area contributed by atoms with E-state index in [1.807, 2.05) is 0 Å². The van der Waals surface area contributed by atoms with Crippen LogP contribution in [0, 0.1) is 12.7 Å². The van der Waals surface area contributed by atoms with Crippen LogP contribution in [0.1, 0.15) is 14.8 Å². The third-order valence-corrected chi connectivity index (χ3v) is 3.23. The Kier molecular flexibility index (Phi) is 4.39. The molecule has 0 spiro atoms. The van der Waals surface area contributed by atoms with Crippen molar-refractivity contribution < 1.29 is 14.0 Å². The minimum Gasteiger partial charge on any atom is -0.320 e. The molecule has 0 atom stereocenters. The normalized spacial score (nSPS) is 10.0. The zero-order valence-corrected chi connectivity index (χ0v) is 11.8. The van der Waals surface area contributed by atoms with Gasteiger partial charge in [0.2, 0.25) is 10.9 Å². The third-order valence-electron chi connectivity index (χ3n) is 2.39. The summed E-state index contributed by atoms with van der Waals surface area (Å²) in [4.78, 5) is 23.1. The summed E-state index contributed by atoms with van der Waals surface area (Å²) in [5.41, 5.74) is 0.278. The van der Waals surface area contributed by atoms with Crippen LogP contribution in [0.4, 0.5) is 15.8 Å². The predicted molar refractivity (Wildman–Crippen MR) is 77.8 cm³/mol. The molecule has 0 aliphatic heterocycles. The monoisotopic (exact) mass is 306 g/mol. The van der Waals surface area contributed by atoms with Gasteiger partial charge < -0.3 is 10.6 Å². The highest BCUT2D eigenvalue weighted by molar-refractivity contribution is 7.13. The number of nitrogens with one attached hydrogen (secondary N) is 2. The van der Waals surface area contributed by atoms with Gasteiger partial charge in [-0.2, -0.15) is 0 Å².